The molecule has 0 radical (unpaired) electrons. The number of carbonyl (C=O) groups is 2. The van der Waals surface area contributed by atoms with Crippen LogP contribution in [-0.2, 0) is 19.6 Å². The van der Waals surface area contributed by atoms with Crippen LogP contribution in [0.15, 0.2) is 47.4 Å². The number of para-hydroxylation sites is 1. The molecule has 1 unspecified atom stereocenters. The lowest BCUT2D eigenvalue weighted by molar-refractivity contribution is -0.136. The monoisotopic (exact) mass is 448 g/mol. The maximum Gasteiger partial charge on any atom is 0.340 e. The first-order chi connectivity index (χ1) is 14.7. The van der Waals surface area contributed by atoms with Crippen molar-refractivity contribution in [1.29, 1.82) is 0 Å². The molecule has 1 atom stereocenters. The molecular weight excluding hydrogens is 423 g/mol. The van der Waals surface area contributed by atoms with Gasteiger partial charge in [-0.25, -0.2) is 17.6 Å². The maximum absolute atomic E-state index is 13.5. The van der Waals surface area contributed by atoms with Gasteiger partial charge in [0.15, 0.2) is 6.61 Å². The molecular formula is C22H25FN2O5S. The van der Waals surface area contributed by atoms with Crippen LogP contribution in [0.3, 0.4) is 0 Å². The fourth-order valence-corrected chi connectivity index (χ4v) is 4.61. The number of carbonyl (C=O) groups excluding carboxylic acids is 2. The lowest BCUT2D eigenvalue weighted by Crippen LogP contribution is -2.41. The van der Waals surface area contributed by atoms with E-state index in [2.05, 4.69) is 11.6 Å². The van der Waals surface area contributed by atoms with Gasteiger partial charge in [-0.2, -0.15) is 0 Å². The summed E-state index contributed by atoms with van der Waals surface area (Å²) in [6.07, 6.45) is 1.97. The van der Waals surface area contributed by atoms with Crippen molar-refractivity contribution in [1.82, 2.24) is 4.90 Å². The first-order valence-electron chi connectivity index (χ1n) is 10.0. The van der Waals surface area contributed by atoms with Crippen LogP contribution in [0.25, 0.3) is 0 Å². The molecule has 2 aromatic carbocycles. The smallest absolute Gasteiger partial charge is 0.340 e. The minimum Gasteiger partial charge on any atom is -0.452 e. The van der Waals surface area contributed by atoms with Crippen LogP contribution in [0.5, 0.6) is 0 Å². The van der Waals surface area contributed by atoms with Crippen molar-refractivity contribution in [2.24, 2.45) is 5.92 Å². The fraction of sp³-hybridized carbons (Fsp3) is 0.364. The number of hydrogen-bond donors (Lipinski definition) is 1. The van der Waals surface area contributed by atoms with Gasteiger partial charge in [-0.3, -0.25) is 9.52 Å². The first-order valence-corrected chi connectivity index (χ1v) is 11.5. The Balaban J connectivity index is 1.71. The summed E-state index contributed by atoms with van der Waals surface area (Å²) in [7, 11) is -4.06. The van der Waals surface area contributed by atoms with Gasteiger partial charge in [0.2, 0.25) is 0 Å². The average Bonchev–Trinajstić information content (AvgIpc) is 2.73. The van der Waals surface area contributed by atoms with E-state index in [1.165, 1.54) is 25.1 Å². The van der Waals surface area contributed by atoms with Gasteiger partial charge in [0.25, 0.3) is 15.9 Å². The first kappa shape index (κ1) is 22.7. The summed E-state index contributed by atoms with van der Waals surface area (Å²) in [6, 6.07) is 9.36. The minimum absolute atomic E-state index is 0.00789. The summed E-state index contributed by atoms with van der Waals surface area (Å²) in [4.78, 5) is 26.4. The highest BCUT2D eigenvalue weighted by molar-refractivity contribution is 7.92. The number of likely N-dealkylation sites (tertiary alicyclic amines) is 1. The second kappa shape index (κ2) is 9.47. The van der Waals surface area contributed by atoms with Gasteiger partial charge < -0.3 is 9.64 Å². The van der Waals surface area contributed by atoms with Crippen LogP contribution in [0.4, 0.5) is 10.1 Å². The van der Waals surface area contributed by atoms with Gasteiger partial charge in [-0.1, -0.05) is 19.1 Å². The molecule has 1 N–H and O–H groups in total. The number of halogens is 1. The van der Waals surface area contributed by atoms with Crippen LogP contribution in [0.2, 0.25) is 0 Å². The van der Waals surface area contributed by atoms with Crippen LogP contribution in [-0.4, -0.2) is 44.9 Å². The number of sulfonamides is 1. The third kappa shape index (κ3) is 5.61. The third-order valence-corrected chi connectivity index (χ3v) is 6.53. The molecule has 0 saturated carbocycles. The molecule has 0 aromatic heterocycles. The van der Waals surface area contributed by atoms with Gasteiger partial charge in [-0.05, 0) is 61.6 Å². The number of aryl methyl sites for hydroxylation is 1. The molecule has 2 aromatic rings. The fourth-order valence-electron chi connectivity index (χ4n) is 3.45. The summed E-state index contributed by atoms with van der Waals surface area (Å²) in [5.74, 6) is -1.21. The van der Waals surface area contributed by atoms with E-state index >= 15 is 0 Å². The Bertz CT molecular complexity index is 1090. The number of nitrogens with one attached hydrogen (secondary N) is 1. The van der Waals surface area contributed by atoms with Gasteiger partial charge >= 0.3 is 5.97 Å². The molecule has 0 aliphatic carbocycles. The maximum atomic E-state index is 13.5. The molecule has 9 heteroatoms. The molecule has 3 rings (SSSR count). The number of ether oxygens (including phenoxy) is 1. The molecule has 7 nitrogen and oxygen atoms in total. The number of amides is 1. The summed E-state index contributed by atoms with van der Waals surface area (Å²) in [6.45, 7) is 4.37. The Hall–Kier alpha value is -2.94. The number of piperidine rings is 1. The van der Waals surface area contributed by atoms with Crippen molar-refractivity contribution in [3.8, 4) is 0 Å². The van der Waals surface area contributed by atoms with Gasteiger partial charge in [0.1, 0.15) is 5.82 Å². The number of rotatable bonds is 6. The van der Waals surface area contributed by atoms with Gasteiger partial charge in [0, 0.05) is 13.1 Å². The normalized spacial score (nSPS) is 16.6. The number of benzene rings is 2. The molecule has 1 amide bonds. The molecule has 31 heavy (non-hydrogen) atoms. The summed E-state index contributed by atoms with van der Waals surface area (Å²) in [5, 5.41) is 0. The van der Waals surface area contributed by atoms with E-state index in [0.29, 0.717) is 19.0 Å². The molecule has 1 aliphatic heterocycles. The van der Waals surface area contributed by atoms with E-state index in [1.807, 2.05) is 0 Å². The van der Waals surface area contributed by atoms with Crippen LogP contribution >= 0.6 is 0 Å². The predicted molar refractivity (Wildman–Crippen MR) is 114 cm³/mol. The van der Waals surface area contributed by atoms with Crippen molar-refractivity contribution in [3.63, 3.8) is 0 Å². The van der Waals surface area contributed by atoms with E-state index in [-0.39, 0.29) is 27.6 Å². The van der Waals surface area contributed by atoms with Crippen molar-refractivity contribution in [3.05, 3.63) is 59.4 Å². The Labute approximate surface area is 181 Å². The minimum atomic E-state index is -4.06. The Morgan fingerprint density at radius 3 is 2.68 bits per heavy atom. The van der Waals surface area contributed by atoms with E-state index < -0.39 is 28.4 Å². The third-order valence-electron chi connectivity index (χ3n) is 5.17. The second-order valence-electron chi connectivity index (χ2n) is 7.73. The number of esters is 1. The SMILES string of the molecule is Cc1cc(S(=O)(=O)Nc2ccccc2C(=O)OCC(=O)N2CCCC(C)C2)ccc1F. The molecule has 1 heterocycles. The number of hydrogen-bond acceptors (Lipinski definition) is 5. The van der Waals surface area contributed by atoms with Gasteiger partial charge in [0.05, 0.1) is 16.1 Å². The van der Waals surface area contributed by atoms with Crippen LogP contribution in [0, 0.1) is 18.7 Å². The summed E-state index contributed by atoms with van der Waals surface area (Å²) < 4.78 is 46.4. The highest BCUT2D eigenvalue weighted by Crippen LogP contribution is 2.22. The van der Waals surface area contributed by atoms with Crippen molar-refractivity contribution < 1.29 is 27.1 Å². The zero-order valence-corrected chi connectivity index (χ0v) is 18.2. The largest absolute Gasteiger partial charge is 0.452 e. The Morgan fingerprint density at radius 2 is 1.97 bits per heavy atom. The zero-order chi connectivity index (χ0) is 22.6. The summed E-state index contributed by atoms with van der Waals surface area (Å²) >= 11 is 0. The lowest BCUT2D eigenvalue weighted by Gasteiger charge is -2.30. The molecule has 1 saturated heterocycles. The van der Waals surface area contributed by atoms with Crippen LogP contribution < -0.4 is 4.72 Å². The van der Waals surface area contributed by atoms with Crippen molar-refractivity contribution in [2.45, 2.75) is 31.6 Å². The number of anilines is 1. The number of nitrogens with zero attached hydrogens (tertiary/aromatic N) is 1. The molecule has 0 bridgehead atoms. The van der Waals surface area contributed by atoms with E-state index in [9.17, 15) is 22.4 Å². The highest BCUT2D eigenvalue weighted by atomic mass is 32.2. The molecule has 0 spiro atoms. The molecule has 1 aliphatic rings. The van der Waals surface area contributed by atoms with Crippen molar-refractivity contribution >= 4 is 27.6 Å². The average molecular weight is 449 g/mol. The highest BCUT2D eigenvalue weighted by Gasteiger charge is 2.24. The quantitative estimate of drug-likeness (QED) is 0.684. The standard InChI is InChI=1S/C22H25FN2O5S/c1-15-6-5-11-25(13-15)21(26)14-30-22(27)18-7-3-4-8-20(18)24-31(28,29)17-9-10-19(23)16(2)12-17/h3-4,7-10,12,15,24H,5-6,11,13-14H2,1-2H3. The molecule has 1 fully saturated rings. The second-order valence-corrected chi connectivity index (χ2v) is 9.41. The zero-order valence-electron chi connectivity index (χ0n) is 17.4. The Morgan fingerprint density at radius 1 is 1.23 bits per heavy atom. The molecule has 166 valence electrons. The van der Waals surface area contributed by atoms with E-state index in [4.69, 9.17) is 4.74 Å². The van der Waals surface area contributed by atoms with Crippen molar-refractivity contribution in [2.75, 3.05) is 24.4 Å². The van der Waals surface area contributed by atoms with E-state index in [0.717, 1.165) is 25.0 Å². The topological polar surface area (TPSA) is 92.8 Å². The Kier molecular flexibility index (Phi) is 6.94. The van der Waals surface area contributed by atoms with E-state index in [1.54, 1.807) is 17.0 Å². The summed E-state index contributed by atoms with van der Waals surface area (Å²) in [5.41, 5.74) is 0.166. The predicted octanol–water partition coefficient (Wildman–Crippen LogP) is 3.35. The lowest BCUT2D eigenvalue weighted by atomic mass is 10.0. The van der Waals surface area contributed by atoms with Gasteiger partial charge in [-0.15, -0.1) is 0 Å². The van der Waals surface area contributed by atoms with Crippen LogP contribution in [0.1, 0.15) is 35.7 Å².